The van der Waals surface area contributed by atoms with Gasteiger partial charge in [0.2, 0.25) is 0 Å². The van der Waals surface area contributed by atoms with Crippen LogP contribution in [0.15, 0.2) is 47.6 Å². The van der Waals surface area contributed by atoms with E-state index in [4.69, 9.17) is 5.21 Å². The zero-order chi connectivity index (χ0) is 18.6. The predicted molar refractivity (Wildman–Crippen MR) is 110 cm³/mol. The molecule has 5 rings (SSSR count). The molecule has 27 heavy (non-hydrogen) atoms. The van der Waals surface area contributed by atoms with E-state index >= 15 is 0 Å². The summed E-state index contributed by atoms with van der Waals surface area (Å²) < 4.78 is 0. The quantitative estimate of drug-likeness (QED) is 0.469. The van der Waals surface area contributed by atoms with Crippen LogP contribution in [0, 0.1) is 11.3 Å². The van der Waals surface area contributed by atoms with E-state index in [0.717, 1.165) is 17.4 Å². The van der Waals surface area contributed by atoms with E-state index in [1.165, 1.54) is 49.9 Å². The van der Waals surface area contributed by atoms with Gasteiger partial charge in [0.25, 0.3) is 0 Å². The molecule has 0 radical (unpaired) electrons. The van der Waals surface area contributed by atoms with Crippen LogP contribution in [0.25, 0.3) is 11.1 Å². The molecule has 0 amide bonds. The van der Waals surface area contributed by atoms with Crippen molar-refractivity contribution in [2.45, 2.75) is 38.5 Å². The van der Waals surface area contributed by atoms with Crippen molar-refractivity contribution in [3.8, 4) is 11.1 Å². The molecule has 1 saturated carbocycles. The van der Waals surface area contributed by atoms with Crippen LogP contribution in [-0.2, 0) is 6.42 Å². The minimum atomic E-state index is 0.540. The van der Waals surface area contributed by atoms with E-state index in [-0.39, 0.29) is 0 Å². The fourth-order valence-corrected chi connectivity index (χ4v) is 6.30. The molecule has 2 aromatic rings. The molecule has 3 heteroatoms. The van der Waals surface area contributed by atoms with Crippen molar-refractivity contribution < 1.29 is 5.21 Å². The minimum absolute atomic E-state index is 0.540. The van der Waals surface area contributed by atoms with Crippen LogP contribution in [0.1, 0.15) is 48.8 Å². The maximum absolute atomic E-state index is 9.07. The summed E-state index contributed by atoms with van der Waals surface area (Å²) in [5.74, 6) is 1.65. The number of nitrogens with zero attached hydrogens (tertiary/aromatic N) is 2. The average Bonchev–Trinajstić information content (AvgIpc) is 3.20. The number of likely N-dealkylation sites (tertiary alicyclic amines) is 1. The first kappa shape index (κ1) is 17.0. The van der Waals surface area contributed by atoms with Gasteiger partial charge in [0.15, 0.2) is 0 Å². The van der Waals surface area contributed by atoms with Crippen LogP contribution in [0.2, 0.25) is 0 Å². The Kier molecular flexibility index (Phi) is 3.90. The van der Waals surface area contributed by atoms with Crippen molar-refractivity contribution in [2.75, 3.05) is 20.1 Å². The van der Waals surface area contributed by atoms with Crippen LogP contribution < -0.4 is 0 Å². The second-order valence-electron chi connectivity index (χ2n) is 8.94. The molecular formula is C24H28N2O. The molecule has 0 aromatic heterocycles. The lowest BCUT2D eigenvalue weighted by Crippen LogP contribution is -2.36. The van der Waals surface area contributed by atoms with Gasteiger partial charge >= 0.3 is 0 Å². The molecule has 1 heterocycles. The third-order valence-electron chi connectivity index (χ3n) is 7.55. The molecule has 2 aliphatic carbocycles. The van der Waals surface area contributed by atoms with Crippen LogP contribution in [0.5, 0.6) is 0 Å². The van der Waals surface area contributed by atoms with Gasteiger partial charge in [0.1, 0.15) is 0 Å². The molecule has 3 nitrogen and oxygen atoms in total. The minimum Gasteiger partial charge on any atom is -0.411 e. The summed E-state index contributed by atoms with van der Waals surface area (Å²) in [6.45, 7) is 4.41. The summed E-state index contributed by atoms with van der Waals surface area (Å²) in [5, 5.41) is 12.4. The Labute approximate surface area is 161 Å². The van der Waals surface area contributed by atoms with Crippen LogP contribution in [0.4, 0.5) is 0 Å². The van der Waals surface area contributed by atoms with Crippen molar-refractivity contribution in [3.63, 3.8) is 0 Å². The SMILES string of the molecule is C/C(=N\O)c1cccc(-c2ccc3c(c2)CCC24CN(C)CC2CCC34)c1. The summed E-state index contributed by atoms with van der Waals surface area (Å²) in [4.78, 5) is 2.56. The lowest BCUT2D eigenvalue weighted by atomic mass is 9.63. The molecule has 1 saturated heterocycles. The zero-order valence-electron chi connectivity index (χ0n) is 16.3. The molecule has 1 spiro atoms. The molecular weight excluding hydrogens is 332 g/mol. The Hall–Kier alpha value is -2.13. The number of hydrogen-bond acceptors (Lipinski definition) is 3. The number of hydrogen-bond donors (Lipinski definition) is 1. The highest BCUT2D eigenvalue weighted by molar-refractivity contribution is 5.99. The third kappa shape index (κ3) is 2.55. The lowest BCUT2D eigenvalue weighted by Gasteiger charge is -2.41. The Morgan fingerprint density at radius 1 is 1.15 bits per heavy atom. The fourth-order valence-electron chi connectivity index (χ4n) is 6.30. The van der Waals surface area contributed by atoms with Gasteiger partial charge in [-0.15, -0.1) is 0 Å². The van der Waals surface area contributed by atoms with Gasteiger partial charge in [-0.1, -0.05) is 41.6 Å². The van der Waals surface area contributed by atoms with Crippen molar-refractivity contribution in [3.05, 3.63) is 59.2 Å². The zero-order valence-corrected chi connectivity index (χ0v) is 16.3. The standard InChI is InChI=1S/C24H28N2O/c1-16(25-27)17-4-3-5-18(12-17)19-6-8-22-20(13-19)10-11-24-15-26(2)14-21(24)7-9-23(22)24/h3-6,8,12-13,21,23,27H,7,9-11,14-15H2,1-2H3/b25-16+. The van der Waals surface area contributed by atoms with E-state index in [1.54, 1.807) is 11.1 Å². The number of fused-ring (bicyclic) bond motifs is 2. The van der Waals surface area contributed by atoms with Gasteiger partial charge in [-0.2, -0.15) is 0 Å². The Morgan fingerprint density at radius 3 is 2.85 bits per heavy atom. The maximum Gasteiger partial charge on any atom is 0.0837 e. The van der Waals surface area contributed by atoms with Crippen molar-refractivity contribution in [2.24, 2.45) is 16.5 Å². The van der Waals surface area contributed by atoms with Gasteiger partial charge in [-0.3, -0.25) is 0 Å². The predicted octanol–water partition coefficient (Wildman–Crippen LogP) is 4.92. The molecule has 3 aliphatic rings. The monoisotopic (exact) mass is 360 g/mol. The normalized spacial score (nSPS) is 30.1. The van der Waals surface area contributed by atoms with E-state index in [9.17, 15) is 0 Å². The van der Waals surface area contributed by atoms with E-state index < -0.39 is 0 Å². The summed E-state index contributed by atoms with van der Waals surface area (Å²) in [7, 11) is 2.30. The number of oxime groups is 1. The highest BCUT2D eigenvalue weighted by atomic mass is 16.4. The number of benzene rings is 2. The molecule has 1 N–H and O–H groups in total. The Bertz CT molecular complexity index is 918. The summed E-state index contributed by atoms with van der Waals surface area (Å²) in [5.41, 5.74) is 7.80. The number of rotatable bonds is 2. The smallest absolute Gasteiger partial charge is 0.0837 e. The molecule has 0 bridgehead atoms. The van der Waals surface area contributed by atoms with Crippen molar-refractivity contribution in [1.29, 1.82) is 0 Å². The van der Waals surface area contributed by atoms with Crippen molar-refractivity contribution in [1.82, 2.24) is 4.90 Å². The Balaban J connectivity index is 1.51. The second-order valence-corrected chi connectivity index (χ2v) is 8.94. The first-order valence-electron chi connectivity index (χ1n) is 10.2. The third-order valence-corrected chi connectivity index (χ3v) is 7.55. The van der Waals surface area contributed by atoms with E-state index in [0.29, 0.717) is 11.1 Å². The maximum atomic E-state index is 9.07. The number of aryl methyl sites for hydroxylation is 1. The highest BCUT2D eigenvalue weighted by Gasteiger charge is 2.56. The van der Waals surface area contributed by atoms with E-state index in [1.807, 2.05) is 19.1 Å². The van der Waals surface area contributed by atoms with E-state index in [2.05, 4.69) is 47.4 Å². The van der Waals surface area contributed by atoms with Gasteiger partial charge in [-0.05, 0) is 90.8 Å². The van der Waals surface area contributed by atoms with Crippen LogP contribution >= 0.6 is 0 Å². The molecule has 1 aliphatic heterocycles. The first-order chi connectivity index (χ1) is 13.1. The first-order valence-corrected chi connectivity index (χ1v) is 10.2. The second kappa shape index (κ2) is 6.20. The topological polar surface area (TPSA) is 35.8 Å². The van der Waals surface area contributed by atoms with Gasteiger partial charge in [-0.25, -0.2) is 0 Å². The molecule has 3 unspecified atom stereocenters. The van der Waals surface area contributed by atoms with Gasteiger partial charge in [0.05, 0.1) is 5.71 Å². The average molecular weight is 361 g/mol. The Morgan fingerprint density at radius 2 is 2.00 bits per heavy atom. The largest absolute Gasteiger partial charge is 0.411 e. The summed E-state index contributed by atoms with van der Waals surface area (Å²) >= 11 is 0. The molecule has 2 fully saturated rings. The fraction of sp³-hybridized carbons (Fsp3) is 0.458. The highest BCUT2D eigenvalue weighted by Crippen LogP contribution is 2.61. The molecule has 140 valence electrons. The van der Waals surface area contributed by atoms with Gasteiger partial charge in [0, 0.05) is 13.1 Å². The summed E-state index contributed by atoms with van der Waals surface area (Å²) in [6.07, 6.45) is 5.32. The van der Waals surface area contributed by atoms with Crippen molar-refractivity contribution >= 4 is 5.71 Å². The van der Waals surface area contributed by atoms with Crippen LogP contribution in [-0.4, -0.2) is 36.0 Å². The van der Waals surface area contributed by atoms with Gasteiger partial charge < -0.3 is 10.1 Å². The molecule has 3 atom stereocenters. The lowest BCUT2D eigenvalue weighted by molar-refractivity contribution is 0.190. The molecule has 2 aromatic carbocycles. The summed E-state index contributed by atoms with van der Waals surface area (Å²) in [6, 6.07) is 15.4. The van der Waals surface area contributed by atoms with Crippen LogP contribution in [0.3, 0.4) is 0 Å².